The summed E-state index contributed by atoms with van der Waals surface area (Å²) < 4.78 is 0. The molecule has 0 aromatic carbocycles. The fourth-order valence-corrected chi connectivity index (χ4v) is 4.10. The van der Waals surface area contributed by atoms with E-state index in [4.69, 9.17) is 0 Å². The first-order chi connectivity index (χ1) is 8.77. The maximum atomic E-state index is 12.7. The van der Waals surface area contributed by atoms with Crippen LogP contribution in [-0.4, -0.2) is 36.5 Å². The van der Waals surface area contributed by atoms with Crippen molar-refractivity contribution in [3.05, 3.63) is 21.9 Å². The van der Waals surface area contributed by atoms with Gasteiger partial charge in [-0.3, -0.25) is 4.79 Å². The van der Waals surface area contributed by atoms with Gasteiger partial charge in [0.25, 0.3) is 0 Å². The number of hydrogen-bond acceptors (Lipinski definition) is 3. The fourth-order valence-electron chi connectivity index (χ4n) is 3.11. The molecule has 0 radical (unpaired) electrons. The Labute approximate surface area is 124 Å². The predicted octanol–water partition coefficient (Wildman–Crippen LogP) is 2.41. The van der Waals surface area contributed by atoms with Crippen molar-refractivity contribution < 1.29 is 4.79 Å². The summed E-state index contributed by atoms with van der Waals surface area (Å²) in [6.45, 7) is 4.85. The molecule has 3 rings (SSSR count). The first-order valence-electron chi connectivity index (χ1n) is 6.85. The minimum absolute atomic E-state index is 0. The minimum Gasteiger partial charge on any atom is -0.337 e. The average Bonchev–Trinajstić information content (AvgIpc) is 2.86. The van der Waals surface area contributed by atoms with Crippen LogP contribution in [0.15, 0.2) is 11.4 Å². The van der Waals surface area contributed by atoms with Gasteiger partial charge in [-0.05, 0) is 43.2 Å². The molecule has 0 spiro atoms. The Morgan fingerprint density at radius 3 is 3.16 bits per heavy atom. The number of thiophene rings is 1. The number of aryl methyl sites for hydroxylation is 1. The molecule has 1 saturated heterocycles. The summed E-state index contributed by atoms with van der Waals surface area (Å²) in [4.78, 5) is 16.2. The largest absolute Gasteiger partial charge is 0.337 e. The van der Waals surface area contributed by atoms with Gasteiger partial charge < -0.3 is 10.2 Å². The van der Waals surface area contributed by atoms with Crippen molar-refractivity contribution in [2.45, 2.75) is 38.1 Å². The number of piperazine rings is 1. The minimum atomic E-state index is 0. The molecule has 106 valence electrons. The van der Waals surface area contributed by atoms with E-state index >= 15 is 0 Å². The Balaban J connectivity index is 0.00000133. The standard InChI is InChI=1S/C14H20N2OS.ClH/c1-10-9-15-6-7-16(10)14(17)12-3-2-4-13-11(12)5-8-18-13;/h5,8,10,12,15H,2-4,6-7,9H2,1H3;1H/t10-,12?;/m1./s1. The van der Waals surface area contributed by atoms with Crippen molar-refractivity contribution in [3.63, 3.8) is 0 Å². The molecule has 1 aliphatic heterocycles. The van der Waals surface area contributed by atoms with Crippen molar-refractivity contribution in [2.75, 3.05) is 19.6 Å². The molecular formula is C14H21ClN2OS. The van der Waals surface area contributed by atoms with Crippen molar-refractivity contribution in [3.8, 4) is 0 Å². The molecule has 3 nitrogen and oxygen atoms in total. The van der Waals surface area contributed by atoms with E-state index in [-0.39, 0.29) is 18.3 Å². The van der Waals surface area contributed by atoms with Crippen LogP contribution >= 0.6 is 23.7 Å². The van der Waals surface area contributed by atoms with Gasteiger partial charge in [-0.2, -0.15) is 0 Å². The Morgan fingerprint density at radius 2 is 2.37 bits per heavy atom. The normalized spacial score (nSPS) is 26.5. The number of nitrogens with one attached hydrogen (secondary N) is 1. The molecule has 1 amide bonds. The molecular weight excluding hydrogens is 280 g/mol. The van der Waals surface area contributed by atoms with Crippen molar-refractivity contribution in [2.24, 2.45) is 0 Å². The van der Waals surface area contributed by atoms with Gasteiger partial charge in [0.1, 0.15) is 0 Å². The molecule has 0 bridgehead atoms. The van der Waals surface area contributed by atoms with Crippen LogP contribution in [-0.2, 0) is 11.2 Å². The van der Waals surface area contributed by atoms with Gasteiger partial charge in [-0.1, -0.05) is 0 Å². The van der Waals surface area contributed by atoms with Gasteiger partial charge >= 0.3 is 0 Å². The molecule has 1 aromatic heterocycles. The molecule has 1 aliphatic carbocycles. The van der Waals surface area contributed by atoms with E-state index in [2.05, 4.69) is 28.6 Å². The molecule has 0 saturated carbocycles. The van der Waals surface area contributed by atoms with E-state index in [0.717, 1.165) is 38.9 Å². The van der Waals surface area contributed by atoms with Crippen LogP contribution < -0.4 is 5.32 Å². The van der Waals surface area contributed by atoms with Crippen molar-refractivity contribution in [1.82, 2.24) is 10.2 Å². The predicted molar refractivity (Wildman–Crippen MR) is 81.3 cm³/mol. The van der Waals surface area contributed by atoms with Crippen LogP contribution in [0, 0.1) is 0 Å². The van der Waals surface area contributed by atoms with Crippen LogP contribution in [0.1, 0.15) is 36.1 Å². The van der Waals surface area contributed by atoms with E-state index in [1.54, 1.807) is 0 Å². The zero-order chi connectivity index (χ0) is 12.5. The van der Waals surface area contributed by atoms with Crippen LogP contribution in [0.4, 0.5) is 0 Å². The summed E-state index contributed by atoms with van der Waals surface area (Å²) >= 11 is 1.81. The first kappa shape index (κ1) is 14.8. The number of halogens is 1. The third kappa shape index (κ3) is 2.81. The smallest absolute Gasteiger partial charge is 0.230 e. The average molecular weight is 301 g/mol. The van der Waals surface area contributed by atoms with E-state index in [1.807, 2.05) is 11.3 Å². The maximum Gasteiger partial charge on any atom is 0.230 e. The summed E-state index contributed by atoms with van der Waals surface area (Å²) in [6, 6.07) is 2.49. The number of amides is 1. The van der Waals surface area contributed by atoms with Gasteiger partial charge in [0, 0.05) is 30.6 Å². The van der Waals surface area contributed by atoms with E-state index in [1.165, 1.54) is 10.4 Å². The molecule has 1 aromatic rings. The van der Waals surface area contributed by atoms with Gasteiger partial charge in [-0.15, -0.1) is 23.7 Å². The zero-order valence-corrected chi connectivity index (χ0v) is 12.9. The number of rotatable bonds is 1. The number of carbonyl (C=O) groups is 1. The topological polar surface area (TPSA) is 32.3 Å². The fraction of sp³-hybridized carbons (Fsp3) is 0.643. The molecule has 2 aliphatic rings. The second-order valence-corrected chi connectivity index (χ2v) is 6.33. The lowest BCUT2D eigenvalue weighted by Crippen LogP contribution is -2.53. The Hall–Kier alpha value is -0.580. The lowest BCUT2D eigenvalue weighted by atomic mass is 9.86. The molecule has 19 heavy (non-hydrogen) atoms. The Bertz CT molecular complexity index is 448. The highest BCUT2D eigenvalue weighted by Crippen LogP contribution is 2.36. The van der Waals surface area contributed by atoms with Gasteiger partial charge in [0.15, 0.2) is 0 Å². The van der Waals surface area contributed by atoms with E-state index in [9.17, 15) is 4.79 Å². The number of nitrogens with zero attached hydrogens (tertiary/aromatic N) is 1. The molecule has 2 atom stereocenters. The van der Waals surface area contributed by atoms with Crippen molar-refractivity contribution >= 4 is 29.7 Å². The summed E-state index contributed by atoms with van der Waals surface area (Å²) in [5, 5.41) is 5.48. The highest BCUT2D eigenvalue weighted by molar-refractivity contribution is 7.10. The summed E-state index contributed by atoms with van der Waals surface area (Å²) in [5.74, 6) is 0.476. The Morgan fingerprint density at radius 1 is 1.53 bits per heavy atom. The highest BCUT2D eigenvalue weighted by Gasteiger charge is 2.33. The van der Waals surface area contributed by atoms with Crippen LogP contribution in [0.2, 0.25) is 0 Å². The van der Waals surface area contributed by atoms with Crippen LogP contribution in [0.25, 0.3) is 0 Å². The highest BCUT2D eigenvalue weighted by atomic mass is 35.5. The Kier molecular flexibility index (Phi) is 4.87. The summed E-state index contributed by atoms with van der Waals surface area (Å²) in [7, 11) is 0. The van der Waals surface area contributed by atoms with Crippen LogP contribution in [0.3, 0.4) is 0 Å². The molecule has 5 heteroatoms. The lowest BCUT2D eigenvalue weighted by Gasteiger charge is -2.37. The third-order valence-electron chi connectivity index (χ3n) is 4.13. The van der Waals surface area contributed by atoms with E-state index < -0.39 is 0 Å². The third-order valence-corrected chi connectivity index (χ3v) is 5.13. The van der Waals surface area contributed by atoms with Crippen LogP contribution in [0.5, 0.6) is 0 Å². The molecule has 1 fully saturated rings. The monoisotopic (exact) mass is 300 g/mol. The zero-order valence-electron chi connectivity index (χ0n) is 11.2. The summed E-state index contributed by atoms with van der Waals surface area (Å²) in [6.07, 6.45) is 3.34. The second-order valence-electron chi connectivity index (χ2n) is 5.33. The lowest BCUT2D eigenvalue weighted by molar-refractivity contribution is -0.136. The van der Waals surface area contributed by atoms with Crippen molar-refractivity contribution in [1.29, 1.82) is 0 Å². The second kappa shape index (κ2) is 6.25. The first-order valence-corrected chi connectivity index (χ1v) is 7.73. The quantitative estimate of drug-likeness (QED) is 0.864. The maximum absolute atomic E-state index is 12.7. The number of fused-ring (bicyclic) bond motifs is 1. The van der Waals surface area contributed by atoms with E-state index in [0.29, 0.717) is 11.9 Å². The van der Waals surface area contributed by atoms with Gasteiger partial charge in [0.05, 0.1) is 5.92 Å². The number of hydrogen-bond donors (Lipinski definition) is 1. The number of carbonyl (C=O) groups excluding carboxylic acids is 1. The molecule has 1 unspecified atom stereocenters. The SMILES string of the molecule is C[C@@H]1CNCCN1C(=O)C1CCCc2sccc21.Cl. The molecule has 1 N–H and O–H groups in total. The molecule has 2 heterocycles. The van der Waals surface area contributed by atoms with Gasteiger partial charge in [0.2, 0.25) is 5.91 Å². The summed E-state index contributed by atoms with van der Waals surface area (Å²) in [5.41, 5.74) is 1.31. The van der Waals surface area contributed by atoms with Gasteiger partial charge in [-0.25, -0.2) is 0 Å².